The number of amides is 2. The molecule has 2 aliphatic heterocycles. The van der Waals surface area contributed by atoms with Gasteiger partial charge in [-0.25, -0.2) is 14.8 Å². The second-order valence-electron chi connectivity index (χ2n) is 8.44. The minimum atomic E-state index is -0.402. The number of hydrogen-bond donors (Lipinski definition) is 2. The van der Waals surface area contributed by atoms with Gasteiger partial charge >= 0.3 is 6.03 Å². The summed E-state index contributed by atoms with van der Waals surface area (Å²) in [5, 5.41) is 21.8. The highest BCUT2D eigenvalue weighted by Gasteiger charge is 2.26. The molecule has 33 heavy (non-hydrogen) atoms. The first-order chi connectivity index (χ1) is 16.1. The van der Waals surface area contributed by atoms with Crippen molar-refractivity contribution >= 4 is 24.0 Å². The van der Waals surface area contributed by atoms with Crippen LogP contribution in [0.2, 0.25) is 0 Å². The fourth-order valence-electron chi connectivity index (χ4n) is 4.43. The lowest BCUT2D eigenvalue weighted by molar-refractivity contribution is 0.0518. The van der Waals surface area contributed by atoms with Crippen LogP contribution < -0.4 is 10.2 Å². The number of urea groups is 1. The zero-order chi connectivity index (χ0) is 23.2. The highest BCUT2D eigenvalue weighted by molar-refractivity contribution is 6.01. The van der Waals surface area contributed by atoms with Gasteiger partial charge in [0.1, 0.15) is 23.4 Å². The maximum atomic E-state index is 13.1. The van der Waals surface area contributed by atoms with E-state index in [4.69, 9.17) is 4.74 Å². The van der Waals surface area contributed by atoms with Crippen molar-refractivity contribution in [1.82, 2.24) is 9.97 Å². The number of fused-ring (bicyclic) bond motifs is 1. The first-order valence-corrected chi connectivity index (χ1v) is 11.3. The van der Waals surface area contributed by atoms with Gasteiger partial charge in [0.15, 0.2) is 6.29 Å². The highest BCUT2D eigenvalue weighted by atomic mass is 16.5. The summed E-state index contributed by atoms with van der Waals surface area (Å²) in [7, 11) is 0. The molecule has 2 amide bonds. The molecule has 9 nitrogen and oxygen atoms in total. The minimum Gasteiger partial charge on any atom is -0.392 e. The SMILES string of the molecule is N#Cc1cnc(NC(=O)N2CCCc3cc(CO)c(C=O)nc32)cc1CCC1CCCOC1. The van der Waals surface area contributed by atoms with Crippen molar-refractivity contribution in [3.05, 3.63) is 46.3 Å². The summed E-state index contributed by atoms with van der Waals surface area (Å²) in [4.78, 5) is 34.5. The van der Waals surface area contributed by atoms with Crippen molar-refractivity contribution < 1.29 is 19.4 Å². The Hall–Kier alpha value is -3.35. The Morgan fingerprint density at radius 2 is 2.24 bits per heavy atom. The van der Waals surface area contributed by atoms with Gasteiger partial charge in [0, 0.05) is 31.5 Å². The number of aldehydes is 1. The third-order valence-corrected chi connectivity index (χ3v) is 6.22. The Kier molecular flexibility index (Phi) is 7.27. The number of aryl methyl sites for hydroxylation is 2. The Labute approximate surface area is 192 Å². The monoisotopic (exact) mass is 449 g/mol. The summed E-state index contributed by atoms with van der Waals surface area (Å²) < 4.78 is 5.55. The summed E-state index contributed by atoms with van der Waals surface area (Å²) in [5.41, 5.74) is 2.74. The van der Waals surface area contributed by atoms with Crippen LogP contribution in [0.5, 0.6) is 0 Å². The zero-order valence-electron chi connectivity index (χ0n) is 18.4. The molecule has 1 atom stereocenters. The molecule has 2 aliphatic rings. The first-order valence-electron chi connectivity index (χ1n) is 11.3. The lowest BCUT2D eigenvalue weighted by Gasteiger charge is -2.29. The molecule has 0 bridgehead atoms. The van der Waals surface area contributed by atoms with Crippen LogP contribution in [-0.2, 0) is 24.2 Å². The molecular weight excluding hydrogens is 422 g/mol. The molecule has 4 rings (SSSR count). The quantitative estimate of drug-likeness (QED) is 0.649. The maximum absolute atomic E-state index is 13.1. The van der Waals surface area contributed by atoms with Gasteiger partial charge in [0.2, 0.25) is 0 Å². The zero-order valence-corrected chi connectivity index (χ0v) is 18.4. The largest absolute Gasteiger partial charge is 0.392 e. The average Bonchev–Trinajstić information content (AvgIpc) is 2.86. The Bertz CT molecular complexity index is 1080. The molecule has 2 aromatic rings. The lowest BCUT2D eigenvalue weighted by atomic mass is 9.93. The molecule has 0 aliphatic carbocycles. The number of carbonyl (C=O) groups excluding carboxylic acids is 2. The van der Waals surface area contributed by atoms with E-state index in [1.807, 2.05) is 0 Å². The van der Waals surface area contributed by atoms with Crippen molar-refractivity contribution in [3.63, 3.8) is 0 Å². The molecular formula is C24H27N5O4. The van der Waals surface area contributed by atoms with Gasteiger partial charge in [-0.15, -0.1) is 0 Å². The fraction of sp³-hybridized carbons (Fsp3) is 0.458. The van der Waals surface area contributed by atoms with Crippen LogP contribution in [-0.4, -0.2) is 47.2 Å². The second-order valence-corrected chi connectivity index (χ2v) is 8.44. The minimum absolute atomic E-state index is 0.126. The van der Waals surface area contributed by atoms with Crippen LogP contribution in [0.1, 0.15) is 58.4 Å². The Balaban J connectivity index is 1.51. The maximum Gasteiger partial charge on any atom is 0.328 e. The molecule has 4 heterocycles. The molecule has 0 spiro atoms. The summed E-state index contributed by atoms with van der Waals surface area (Å²) in [6.07, 6.45) is 7.33. The molecule has 172 valence electrons. The van der Waals surface area contributed by atoms with Crippen LogP contribution >= 0.6 is 0 Å². The van der Waals surface area contributed by atoms with Crippen LogP contribution in [0.4, 0.5) is 16.4 Å². The van der Waals surface area contributed by atoms with E-state index in [1.54, 1.807) is 12.1 Å². The summed E-state index contributed by atoms with van der Waals surface area (Å²) >= 11 is 0. The fourth-order valence-corrected chi connectivity index (χ4v) is 4.43. The topological polar surface area (TPSA) is 128 Å². The molecule has 2 N–H and O–H groups in total. The number of aromatic nitrogens is 2. The molecule has 0 aromatic carbocycles. The van der Waals surface area contributed by atoms with E-state index in [9.17, 15) is 20.0 Å². The highest BCUT2D eigenvalue weighted by Crippen LogP contribution is 2.28. The third-order valence-electron chi connectivity index (χ3n) is 6.22. The van der Waals surface area contributed by atoms with E-state index < -0.39 is 6.03 Å². The standard InChI is InChI=1S/C24H27N5O4/c25-11-20-12-26-22(10-17(20)6-5-16-3-2-8-33-15-16)28-24(32)29-7-1-4-18-9-19(13-30)21(14-31)27-23(18)29/h9-10,12,14,16,30H,1-8,13,15H2,(H,26,28,32). The van der Waals surface area contributed by atoms with Gasteiger partial charge in [0.25, 0.3) is 0 Å². The summed E-state index contributed by atoms with van der Waals surface area (Å²) in [5.74, 6) is 1.26. The number of aliphatic hydroxyl groups excluding tert-OH is 1. The first kappa shape index (κ1) is 22.8. The predicted molar refractivity (Wildman–Crippen MR) is 121 cm³/mol. The van der Waals surface area contributed by atoms with E-state index in [2.05, 4.69) is 21.4 Å². The number of hydrogen-bond acceptors (Lipinski definition) is 7. The van der Waals surface area contributed by atoms with Gasteiger partial charge in [-0.05, 0) is 67.7 Å². The summed E-state index contributed by atoms with van der Waals surface area (Å²) in [6.45, 7) is 1.73. The van der Waals surface area contributed by atoms with Crippen LogP contribution in [0.25, 0.3) is 0 Å². The lowest BCUT2D eigenvalue weighted by Crippen LogP contribution is -2.40. The third kappa shape index (κ3) is 5.18. The number of aliphatic hydroxyl groups is 1. The van der Waals surface area contributed by atoms with Crippen molar-refractivity contribution in [1.29, 1.82) is 5.26 Å². The molecule has 9 heteroatoms. The summed E-state index contributed by atoms with van der Waals surface area (Å²) in [6, 6.07) is 5.27. The van der Waals surface area contributed by atoms with Crippen LogP contribution in [0.15, 0.2) is 18.3 Å². The number of pyridine rings is 2. The van der Waals surface area contributed by atoms with Gasteiger partial charge in [0.05, 0.1) is 12.2 Å². The number of ether oxygens (including phenoxy) is 1. The predicted octanol–water partition coefficient (Wildman–Crippen LogP) is 3.00. The van der Waals surface area contributed by atoms with E-state index >= 15 is 0 Å². The molecule has 1 unspecified atom stereocenters. The van der Waals surface area contributed by atoms with Gasteiger partial charge in [-0.3, -0.25) is 15.0 Å². The Morgan fingerprint density at radius 3 is 2.97 bits per heavy atom. The van der Waals surface area contributed by atoms with Crippen LogP contribution in [0, 0.1) is 17.2 Å². The molecule has 0 saturated carbocycles. The van der Waals surface area contributed by atoms with Crippen molar-refractivity contribution in [2.24, 2.45) is 5.92 Å². The second kappa shape index (κ2) is 10.5. The van der Waals surface area contributed by atoms with Gasteiger partial charge in [-0.1, -0.05) is 0 Å². The van der Waals surface area contributed by atoms with Gasteiger partial charge in [-0.2, -0.15) is 5.26 Å². The molecule has 1 saturated heterocycles. The van der Waals surface area contributed by atoms with Crippen LogP contribution in [0.3, 0.4) is 0 Å². The number of nitrogens with one attached hydrogen (secondary N) is 1. The number of carbonyl (C=O) groups is 2. The Morgan fingerprint density at radius 1 is 1.36 bits per heavy atom. The average molecular weight is 450 g/mol. The molecule has 2 aromatic heterocycles. The molecule has 0 radical (unpaired) electrons. The van der Waals surface area contributed by atoms with Crippen molar-refractivity contribution in [3.8, 4) is 6.07 Å². The van der Waals surface area contributed by atoms with E-state index in [0.29, 0.717) is 54.4 Å². The number of rotatable bonds is 6. The van der Waals surface area contributed by atoms with E-state index in [1.165, 1.54) is 11.1 Å². The molecule has 1 fully saturated rings. The van der Waals surface area contributed by atoms with Crippen molar-refractivity contribution in [2.75, 3.05) is 30.0 Å². The number of nitriles is 1. The normalized spacial score (nSPS) is 17.7. The smallest absolute Gasteiger partial charge is 0.328 e. The van der Waals surface area contributed by atoms with E-state index in [-0.39, 0.29) is 12.3 Å². The van der Waals surface area contributed by atoms with Gasteiger partial charge < -0.3 is 9.84 Å². The number of nitrogens with zero attached hydrogens (tertiary/aromatic N) is 4. The number of anilines is 2. The van der Waals surface area contributed by atoms with E-state index in [0.717, 1.165) is 50.0 Å². The van der Waals surface area contributed by atoms with Crippen molar-refractivity contribution in [2.45, 2.75) is 45.1 Å².